The number of Topliss-reactive ketones (excluding diaryl/α,β-unsaturated/α-hetero) is 1. The number of anilines is 1. The number of carbonyl (C=O) groups excluding carboxylic acids is 7. The molecule has 0 spiro atoms. The summed E-state index contributed by atoms with van der Waals surface area (Å²) in [6.07, 6.45) is 1.95. The molecule has 7 amide bonds. The van der Waals surface area contributed by atoms with Crippen molar-refractivity contribution in [3.63, 3.8) is 0 Å². The highest BCUT2D eigenvalue weighted by Crippen LogP contribution is 2.27. The van der Waals surface area contributed by atoms with Crippen LogP contribution in [0.1, 0.15) is 114 Å². The van der Waals surface area contributed by atoms with Crippen LogP contribution < -0.4 is 27.0 Å². The lowest BCUT2D eigenvalue weighted by molar-refractivity contribution is -0.137. The third-order valence-corrected chi connectivity index (χ3v) is 9.18. The number of ether oxygens (including phenoxy) is 1. The molecule has 1 aliphatic heterocycles. The van der Waals surface area contributed by atoms with Gasteiger partial charge in [-0.3, -0.25) is 24.0 Å². The van der Waals surface area contributed by atoms with Crippen molar-refractivity contribution in [2.75, 3.05) is 32.0 Å². The number of hydrogen-bond donors (Lipinski definition) is 5. The zero-order chi connectivity index (χ0) is 42.5. The molecule has 312 valence electrons. The first kappa shape index (κ1) is 50.3. The van der Waals surface area contributed by atoms with Crippen LogP contribution in [-0.4, -0.2) is 96.1 Å². The zero-order valence-electron chi connectivity index (χ0n) is 35.3. The van der Waals surface area contributed by atoms with Gasteiger partial charge >= 0.3 is 12.1 Å². The van der Waals surface area contributed by atoms with E-state index in [1.165, 1.54) is 13.8 Å². The van der Waals surface area contributed by atoms with Gasteiger partial charge in [-0.1, -0.05) is 74.4 Å². The second kappa shape index (κ2) is 25.4. The van der Waals surface area contributed by atoms with Crippen molar-refractivity contribution in [2.45, 2.75) is 133 Å². The summed E-state index contributed by atoms with van der Waals surface area (Å²) >= 11 is 0. The predicted octanol–water partition coefficient (Wildman–Crippen LogP) is 4.97. The maximum Gasteiger partial charge on any atom is 0.410 e. The molecule has 2 rings (SSSR count). The van der Waals surface area contributed by atoms with Gasteiger partial charge in [0.2, 0.25) is 23.6 Å². The number of amides is 7. The first-order valence-corrected chi connectivity index (χ1v) is 19.5. The van der Waals surface area contributed by atoms with Gasteiger partial charge in [-0.25, -0.2) is 9.59 Å². The SMILES string of the molecule is CC.CC.CC(=O)C(C)CC(C)(C)C(=O)NC(C(=O)N[C@@H](CCCNC(N)=O)C(=O)Nc1ccc(COC(=O)N2CCC[C@H]2CN(C)C(C)=O)cc1)C(C)C. The summed E-state index contributed by atoms with van der Waals surface area (Å²) < 4.78 is 5.54. The number of nitrogens with zero attached hydrogens (tertiary/aromatic N) is 2. The zero-order valence-corrected chi connectivity index (χ0v) is 35.3. The highest BCUT2D eigenvalue weighted by molar-refractivity contribution is 5.98. The molecule has 2 unspecified atom stereocenters. The van der Waals surface area contributed by atoms with Crippen LogP contribution in [0.4, 0.5) is 15.3 Å². The van der Waals surface area contributed by atoms with E-state index in [4.69, 9.17) is 10.5 Å². The van der Waals surface area contributed by atoms with E-state index in [1.807, 2.05) is 27.7 Å². The molecule has 0 aliphatic carbocycles. The summed E-state index contributed by atoms with van der Waals surface area (Å²) in [5.74, 6) is -2.22. The standard InChI is InChI=1S/C36H57N7O8.2C2H6/c1-22(2)30(41-33(48)36(6,7)19-23(3)24(4)44)32(47)40-29(12-9-17-38-34(37)49)31(46)39-27-15-13-26(14-16-27)21-51-35(50)43-18-10-11-28(43)20-42(8)25(5)45;2*1-2/h13-16,22-23,28-30H,9-12,17-21H2,1-8H3,(H,39,46)(H,40,47)(H,41,48)(H3,37,38,49);2*1-2H3/t23?,28-,29-,30?;;/m0../s1. The summed E-state index contributed by atoms with van der Waals surface area (Å²) in [5, 5.41) is 10.8. The number of hydrogen-bond acceptors (Lipinski definition) is 8. The Kier molecular flexibility index (Phi) is 23.2. The molecule has 1 aliphatic rings. The largest absolute Gasteiger partial charge is 0.445 e. The predicted molar refractivity (Wildman–Crippen MR) is 215 cm³/mol. The summed E-state index contributed by atoms with van der Waals surface area (Å²) in [6, 6.07) is 3.91. The number of primary amides is 1. The normalized spacial score (nSPS) is 15.1. The number of nitrogens with one attached hydrogen (secondary N) is 4. The maximum absolute atomic E-state index is 13.5. The average Bonchev–Trinajstić information content (AvgIpc) is 3.60. The van der Waals surface area contributed by atoms with Crippen molar-refractivity contribution in [1.82, 2.24) is 25.8 Å². The van der Waals surface area contributed by atoms with Crippen molar-refractivity contribution in [3.05, 3.63) is 29.8 Å². The molecule has 55 heavy (non-hydrogen) atoms. The third kappa shape index (κ3) is 18.0. The first-order chi connectivity index (χ1) is 25.8. The molecule has 6 N–H and O–H groups in total. The van der Waals surface area contributed by atoms with Gasteiger partial charge in [0.25, 0.3) is 0 Å². The van der Waals surface area contributed by atoms with E-state index in [-0.39, 0.29) is 55.0 Å². The molecule has 1 fully saturated rings. The quantitative estimate of drug-likeness (QED) is 0.128. The molecule has 1 aromatic rings. The lowest BCUT2D eigenvalue weighted by Crippen LogP contribution is -2.56. The van der Waals surface area contributed by atoms with Gasteiger partial charge in [0.15, 0.2) is 0 Å². The molecule has 0 bridgehead atoms. The number of nitrogens with two attached hydrogens (primary N) is 1. The van der Waals surface area contributed by atoms with Gasteiger partial charge in [0.05, 0.1) is 6.04 Å². The number of urea groups is 1. The van der Waals surface area contributed by atoms with E-state index < -0.39 is 41.4 Å². The molecule has 0 saturated carbocycles. The van der Waals surface area contributed by atoms with E-state index in [0.717, 1.165) is 12.8 Å². The molecule has 4 atom stereocenters. The van der Waals surface area contributed by atoms with Crippen LogP contribution in [0.2, 0.25) is 0 Å². The van der Waals surface area contributed by atoms with Crippen molar-refractivity contribution < 1.29 is 38.3 Å². The Bertz CT molecular complexity index is 1400. The molecule has 1 heterocycles. The second-order valence-electron chi connectivity index (χ2n) is 14.4. The van der Waals surface area contributed by atoms with Gasteiger partial charge in [0.1, 0.15) is 24.5 Å². The molecule has 1 saturated heterocycles. The van der Waals surface area contributed by atoms with Crippen LogP contribution in [0.5, 0.6) is 0 Å². The highest BCUT2D eigenvalue weighted by atomic mass is 16.6. The van der Waals surface area contributed by atoms with Gasteiger partial charge in [-0.15, -0.1) is 0 Å². The van der Waals surface area contributed by atoms with E-state index in [0.29, 0.717) is 37.2 Å². The second-order valence-corrected chi connectivity index (χ2v) is 14.4. The Balaban J connectivity index is 0.00000704. The number of likely N-dealkylation sites (N-methyl/N-ethyl adjacent to an activating group) is 1. The van der Waals surface area contributed by atoms with Crippen molar-refractivity contribution in [1.29, 1.82) is 0 Å². The number of rotatable bonds is 18. The average molecular weight is 776 g/mol. The van der Waals surface area contributed by atoms with Crippen molar-refractivity contribution in [2.24, 2.45) is 23.0 Å². The van der Waals surface area contributed by atoms with E-state index in [1.54, 1.807) is 75.7 Å². The molecule has 0 radical (unpaired) electrons. The number of benzene rings is 1. The molecule has 0 aromatic heterocycles. The van der Waals surface area contributed by atoms with Gasteiger partial charge in [0, 0.05) is 50.6 Å². The van der Waals surface area contributed by atoms with Gasteiger partial charge in [-0.2, -0.15) is 0 Å². The summed E-state index contributed by atoms with van der Waals surface area (Å²) in [6.45, 7) is 20.9. The number of ketones is 1. The van der Waals surface area contributed by atoms with Crippen LogP contribution in [0.15, 0.2) is 24.3 Å². The monoisotopic (exact) mass is 776 g/mol. The Morgan fingerprint density at radius 3 is 2.07 bits per heavy atom. The van der Waals surface area contributed by atoms with E-state index >= 15 is 0 Å². The maximum atomic E-state index is 13.5. The number of carbonyl (C=O) groups is 7. The lowest BCUT2D eigenvalue weighted by atomic mass is 9.81. The fraction of sp³-hybridized carbons (Fsp3) is 0.675. The molecule has 15 nitrogen and oxygen atoms in total. The van der Waals surface area contributed by atoms with Crippen molar-refractivity contribution in [3.8, 4) is 0 Å². The van der Waals surface area contributed by atoms with Crippen molar-refractivity contribution >= 4 is 47.2 Å². The molecule has 1 aromatic carbocycles. The third-order valence-electron chi connectivity index (χ3n) is 9.18. The lowest BCUT2D eigenvalue weighted by Gasteiger charge is -2.31. The summed E-state index contributed by atoms with van der Waals surface area (Å²) in [7, 11) is 1.70. The minimum Gasteiger partial charge on any atom is -0.445 e. The van der Waals surface area contributed by atoms with Gasteiger partial charge in [-0.05, 0) is 62.6 Å². The topological polar surface area (TPSA) is 209 Å². The Hall–Kier alpha value is -4.69. The number of likely N-dealkylation sites (tertiary alicyclic amines) is 1. The Morgan fingerprint density at radius 2 is 1.55 bits per heavy atom. The van der Waals surface area contributed by atoms with Crippen LogP contribution in [0.3, 0.4) is 0 Å². The minimum absolute atomic E-state index is 0.0111. The minimum atomic E-state index is -1.02. The van der Waals surface area contributed by atoms with E-state index in [2.05, 4.69) is 21.3 Å². The van der Waals surface area contributed by atoms with Gasteiger partial charge < -0.3 is 41.5 Å². The highest BCUT2D eigenvalue weighted by Gasteiger charge is 2.36. The molecular weight excluding hydrogens is 706 g/mol. The fourth-order valence-corrected chi connectivity index (χ4v) is 5.77. The van der Waals surface area contributed by atoms with E-state index in [9.17, 15) is 33.6 Å². The first-order valence-electron chi connectivity index (χ1n) is 19.5. The van der Waals surface area contributed by atoms with Crippen LogP contribution in [0.25, 0.3) is 0 Å². The molecule has 15 heteroatoms. The fourth-order valence-electron chi connectivity index (χ4n) is 5.77. The van der Waals surface area contributed by atoms with Crippen LogP contribution in [0, 0.1) is 17.3 Å². The van der Waals surface area contributed by atoms with Crippen LogP contribution in [-0.2, 0) is 35.3 Å². The Labute approximate surface area is 328 Å². The summed E-state index contributed by atoms with van der Waals surface area (Å²) in [5.41, 5.74) is 5.37. The smallest absolute Gasteiger partial charge is 0.410 e. The summed E-state index contributed by atoms with van der Waals surface area (Å²) in [4.78, 5) is 90.9. The Morgan fingerprint density at radius 1 is 0.945 bits per heavy atom. The van der Waals surface area contributed by atoms with Crippen LogP contribution >= 0.6 is 0 Å². The molecular formula is C40H69N7O8.